The number of carbonyl (C=O) groups is 1. The predicted octanol–water partition coefficient (Wildman–Crippen LogP) is 5.41. The summed E-state index contributed by atoms with van der Waals surface area (Å²) in [5.74, 6) is 0.700. The number of aromatic carboxylic acids is 1. The number of ether oxygens (including phenoxy) is 2. The number of hydrogen-bond acceptors (Lipinski definition) is 5. The van der Waals surface area contributed by atoms with E-state index in [2.05, 4.69) is 22.4 Å². The Bertz CT molecular complexity index is 1630. The molecule has 0 saturated carbocycles. The van der Waals surface area contributed by atoms with Gasteiger partial charge < -0.3 is 30.0 Å². The van der Waals surface area contributed by atoms with Gasteiger partial charge in [0.05, 0.1) is 11.1 Å². The Hall–Kier alpha value is -4.33. The van der Waals surface area contributed by atoms with E-state index in [1.54, 1.807) is 12.1 Å². The van der Waals surface area contributed by atoms with Gasteiger partial charge in [-0.25, -0.2) is 4.79 Å². The number of aromatic amines is 1. The van der Waals surface area contributed by atoms with Crippen LogP contribution in [0.3, 0.4) is 0 Å². The lowest BCUT2D eigenvalue weighted by molar-refractivity contribution is 0.0697. The highest BCUT2D eigenvalue weighted by Crippen LogP contribution is 2.34. The third-order valence-corrected chi connectivity index (χ3v) is 7.23. The summed E-state index contributed by atoms with van der Waals surface area (Å²) in [6, 6.07) is 27.1. The second-order valence-corrected chi connectivity index (χ2v) is 9.96. The number of hydrogen-bond donors (Lipinski definition) is 4. The zero-order valence-corrected chi connectivity index (χ0v) is 21.4. The number of aryl methyl sites for hydroxylation is 1. The monoisotopic (exact) mass is 522 g/mol. The SMILES string of the molecule is O=C(O)c1ccc(-c2ccc3c(c2)CCC(CNCC(O)COc2cccc4[nH]c5ccccc5c24)O3)cc1. The predicted molar refractivity (Wildman–Crippen MR) is 152 cm³/mol. The van der Waals surface area contributed by atoms with Crippen molar-refractivity contribution in [2.24, 2.45) is 0 Å². The molecule has 2 unspecified atom stereocenters. The quantitative estimate of drug-likeness (QED) is 0.206. The number of aliphatic hydroxyl groups excluding tert-OH is 1. The van der Waals surface area contributed by atoms with Crippen LogP contribution in [0.1, 0.15) is 22.3 Å². The van der Waals surface area contributed by atoms with E-state index in [1.807, 2.05) is 60.7 Å². The van der Waals surface area contributed by atoms with Gasteiger partial charge >= 0.3 is 5.97 Å². The molecule has 1 aliphatic rings. The molecule has 0 bridgehead atoms. The minimum absolute atomic E-state index is 0.0197. The average Bonchev–Trinajstić information content (AvgIpc) is 3.35. The average molecular weight is 523 g/mol. The minimum atomic E-state index is -0.928. The second kappa shape index (κ2) is 10.8. The smallest absolute Gasteiger partial charge is 0.335 e. The van der Waals surface area contributed by atoms with Crippen LogP contribution in [0.15, 0.2) is 84.9 Å². The highest BCUT2D eigenvalue weighted by atomic mass is 16.5. The van der Waals surface area contributed by atoms with Crippen LogP contribution in [0.4, 0.5) is 0 Å². The molecule has 0 saturated heterocycles. The maximum absolute atomic E-state index is 11.1. The fraction of sp³-hybridized carbons (Fsp3) is 0.219. The first-order valence-electron chi connectivity index (χ1n) is 13.2. The van der Waals surface area contributed by atoms with Gasteiger partial charge in [0.2, 0.25) is 0 Å². The van der Waals surface area contributed by atoms with Crippen molar-refractivity contribution in [3.05, 3.63) is 96.1 Å². The molecule has 5 aromatic rings. The molecule has 6 rings (SSSR count). The van der Waals surface area contributed by atoms with Crippen molar-refractivity contribution in [1.29, 1.82) is 0 Å². The number of aliphatic hydroxyl groups is 1. The Balaban J connectivity index is 1.00. The Morgan fingerprint density at radius 2 is 1.79 bits per heavy atom. The Kier molecular flexibility index (Phi) is 6.92. The molecule has 198 valence electrons. The zero-order chi connectivity index (χ0) is 26.8. The highest BCUT2D eigenvalue weighted by Gasteiger charge is 2.21. The van der Waals surface area contributed by atoms with Crippen LogP contribution >= 0.6 is 0 Å². The van der Waals surface area contributed by atoms with Crippen molar-refractivity contribution < 1.29 is 24.5 Å². The van der Waals surface area contributed by atoms with Gasteiger partial charge in [0, 0.05) is 29.4 Å². The first-order chi connectivity index (χ1) is 19.0. The number of carboxylic acids is 1. The van der Waals surface area contributed by atoms with E-state index in [9.17, 15) is 9.90 Å². The Labute approximate surface area is 226 Å². The normalized spacial score (nSPS) is 15.6. The number of H-pyrrole nitrogens is 1. The first kappa shape index (κ1) is 25.0. The number of carboxylic acid groups (broad SMARTS) is 1. The molecular weight excluding hydrogens is 492 g/mol. The molecular formula is C32H30N2O5. The summed E-state index contributed by atoms with van der Waals surface area (Å²) in [6.07, 6.45) is 1.13. The maximum Gasteiger partial charge on any atom is 0.335 e. The lowest BCUT2D eigenvalue weighted by Gasteiger charge is -2.27. The van der Waals surface area contributed by atoms with E-state index in [1.165, 1.54) is 0 Å². The van der Waals surface area contributed by atoms with Gasteiger partial charge in [0.15, 0.2) is 0 Å². The summed E-state index contributed by atoms with van der Waals surface area (Å²) in [5, 5.41) is 25.1. The van der Waals surface area contributed by atoms with Crippen LogP contribution in [0.2, 0.25) is 0 Å². The van der Waals surface area contributed by atoms with Crippen LogP contribution in [0, 0.1) is 0 Å². The summed E-state index contributed by atoms with van der Waals surface area (Å²) in [5.41, 5.74) is 5.51. The van der Waals surface area contributed by atoms with E-state index in [0.29, 0.717) is 13.1 Å². The molecule has 39 heavy (non-hydrogen) atoms. The zero-order valence-electron chi connectivity index (χ0n) is 21.4. The number of rotatable bonds is 9. The largest absolute Gasteiger partial charge is 0.490 e. The van der Waals surface area contributed by atoms with E-state index in [4.69, 9.17) is 14.6 Å². The Morgan fingerprint density at radius 1 is 1.00 bits per heavy atom. The molecule has 4 aromatic carbocycles. The number of fused-ring (bicyclic) bond motifs is 4. The fourth-order valence-electron chi connectivity index (χ4n) is 5.22. The molecule has 0 radical (unpaired) electrons. The molecule has 7 heteroatoms. The van der Waals surface area contributed by atoms with Gasteiger partial charge in [-0.05, 0) is 72.0 Å². The Morgan fingerprint density at radius 3 is 2.64 bits per heavy atom. The van der Waals surface area contributed by atoms with Gasteiger partial charge in [-0.3, -0.25) is 0 Å². The minimum Gasteiger partial charge on any atom is -0.490 e. The molecule has 0 spiro atoms. The second-order valence-electron chi connectivity index (χ2n) is 9.96. The third kappa shape index (κ3) is 5.32. The third-order valence-electron chi connectivity index (χ3n) is 7.23. The van der Waals surface area contributed by atoms with Crippen molar-refractivity contribution in [2.75, 3.05) is 19.7 Å². The summed E-state index contributed by atoms with van der Waals surface area (Å²) in [4.78, 5) is 14.5. The van der Waals surface area contributed by atoms with Crippen LogP contribution in [-0.4, -0.2) is 53.1 Å². The van der Waals surface area contributed by atoms with Crippen molar-refractivity contribution in [3.8, 4) is 22.6 Å². The molecule has 0 aliphatic carbocycles. The van der Waals surface area contributed by atoms with Gasteiger partial charge in [0.1, 0.15) is 30.3 Å². The van der Waals surface area contributed by atoms with E-state index >= 15 is 0 Å². The van der Waals surface area contributed by atoms with E-state index in [-0.39, 0.29) is 18.3 Å². The number of aromatic nitrogens is 1. The standard InChI is InChI=1S/C32H30N2O5/c35-24(19-38-30-7-3-6-28-31(30)26-4-1-2-5-27(26)34-28)17-33-18-25-14-12-23-16-22(13-15-29(23)39-25)20-8-10-21(11-9-20)32(36)37/h1-11,13,15-16,24-25,33-35H,12,14,17-19H2,(H,36,37). The van der Waals surface area contributed by atoms with Crippen molar-refractivity contribution in [2.45, 2.75) is 25.0 Å². The number of para-hydroxylation sites is 1. The molecule has 1 aliphatic heterocycles. The first-order valence-corrected chi connectivity index (χ1v) is 13.2. The molecule has 0 amide bonds. The van der Waals surface area contributed by atoms with Crippen LogP contribution in [-0.2, 0) is 6.42 Å². The van der Waals surface area contributed by atoms with Crippen molar-refractivity contribution >= 4 is 27.8 Å². The van der Waals surface area contributed by atoms with E-state index < -0.39 is 12.1 Å². The summed E-state index contributed by atoms with van der Waals surface area (Å²) < 4.78 is 12.2. The molecule has 2 atom stereocenters. The van der Waals surface area contributed by atoms with Gasteiger partial charge in [0.25, 0.3) is 0 Å². The highest BCUT2D eigenvalue weighted by molar-refractivity contribution is 6.10. The molecule has 7 nitrogen and oxygen atoms in total. The molecule has 2 heterocycles. The summed E-state index contributed by atoms with van der Waals surface area (Å²) >= 11 is 0. The van der Waals surface area contributed by atoms with Crippen molar-refractivity contribution in [3.63, 3.8) is 0 Å². The lowest BCUT2D eigenvalue weighted by atomic mass is 9.96. The topological polar surface area (TPSA) is 104 Å². The number of benzene rings is 4. The van der Waals surface area contributed by atoms with Crippen LogP contribution in [0.25, 0.3) is 32.9 Å². The number of nitrogens with one attached hydrogen (secondary N) is 2. The maximum atomic E-state index is 11.1. The van der Waals surface area contributed by atoms with E-state index in [0.717, 1.165) is 62.8 Å². The van der Waals surface area contributed by atoms with Gasteiger partial charge in [-0.1, -0.05) is 42.5 Å². The van der Waals surface area contributed by atoms with Gasteiger partial charge in [-0.15, -0.1) is 0 Å². The van der Waals surface area contributed by atoms with Crippen LogP contribution in [0.5, 0.6) is 11.5 Å². The van der Waals surface area contributed by atoms with Crippen molar-refractivity contribution in [1.82, 2.24) is 10.3 Å². The molecule has 0 fully saturated rings. The van der Waals surface area contributed by atoms with Gasteiger partial charge in [-0.2, -0.15) is 0 Å². The lowest BCUT2D eigenvalue weighted by Crippen LogP contribution is -2.39. The summed E-state index contributed by atoms with van der Waals surface area (Å²) in [6.45, 7) is 1.23. The molecule has 4 N–H and O–H groups in total. The molecule has 1 aromatic heterocycles. The van der Waals surface area contributed by atoms with Crippen LogP contribution < -0.4 is 14.8 Å². The summed E-state index contributed by atoms with van der Waals surface area (Å²) in [7, 11) is 0. The fourth-order valence-corrected chi connectivity index (χ4v) is 5.22.